The van der Waals surface area contributed by atoms with E-state index in [4.69, 9.17) is 32.7 Å². The summed E-state index contributed by atoms with van der Waals surface area (Å²) in [5, 5.41) is 10.8. The first-order chi connectivity index (χ1) is 11.0. The Labute approximate surface area is 143 Å². The Balaban J connectivity index is 2.41. The highest BCUT2D eigenvalue weighted by Crippen LogP contribution is 2.39. The Kier molecular flexibility index (Phi) is 5.69. The van der Waals surface area contributed by atoms with Crippen molar-refractivity contribution >= 4 is 29.0 Å². The highest BCUT2D eigenvalue weighted by molar-refractivity contribution is 6.36. The van der Waals surface area contributed by atoms with Crippen LogP contribution in [-0.2, 0) is 6.42 Å². The number of benzene rings is 1. The molecule has 0 aliphatic rings. The van der Waals surface area contributed by atoms with E-state index in [0.717, 1.165) is 0 Å². The van der Waals surface area contributed by atoms with Crippen molar-refractivity contribution in [1.82, 2.24) is 4.98 Å². The van der Waals surface area contributed by atoms with Gasteiger partial charge in [-0.2, -0.15) is 0 Å². The lowest BCUT2D eigenvalue weighted by atomic mass is 10.0. The van der Waals surface area contributed by atoms with Crippen molar-refractivity contribution in [2.45, 2.75) is 13.3 Å². The summed E-state index contributed by atoms with van der Waals surface area (Å²) < 4.78 is 10.4. The van der Waals surface area contributed by atoms with Gasteiger partial charge in [-0.3, -0.25) is 9.78 Å². The first kappa shape index (κ1) is 17.4. The maximum atomic E-state index is 12.6. The molecule has 0 aliphatic carbocycles. The number of hydrogen-bond acceptors (Lipinski definition) is 5. The molecule has 0 saturated heterocycles. The van der Waals surface area contributed by atoms with Gasteiger partial charge in [0, 0.05) is 24.4 Å². The molecule has 0 fully saturated rings. The van der Waals surface area contributed by atoms with Gasteiger partial charge in [-0.1, -0.05) is 23.2 Å². The number of carbonyl (C=O) groups excluding carboxylic acids is 1. The highest BCUT2D eigenvalue weighted by atomic mass is 35.5. The Hall–Kier alpha value is -1.98. The molecule has 1 aromatic heterocycles. The lowest BCUT2D eigenvalue weighted by Crippen LogP contribution is -2.08. The highest BCUT2D eigenvalue weighted by Gasteiger charge is 2.21. The zero-order valence-corrected chi connectivity index (χ0v) is 14.1. The first-order valence-electron chi connectivity index (χ1n) is 6.83. The van der Waals surface area contributed by atoms with Crippen LogP contribution in [0.2, 0.25) is 10.0 Å². The van der Waals surface area contributed by atoms with E-state index in [-0.39, 0.29) is 41.6 Å². The van der Waals surface area contributed by atoms with E-state index in [1.54, 1.807) is 6.92 Å². The van der Waals surface area contributed by atoms with Crippen molar-refractivity contribution in [2.75, 3.05) is 13.7 Å². The standard InChI is InChI=1S/C16H15Cl2NO4/c1-3-23-16-9(4-5-14(22-2)15(16)21)13(20)6-10-11(17)7-19-8-12(10)18/h4-5,7-8,21H,3,6H2,1-2H3. The van der Waals surface area contributed by atoms with Crippen LogP contribution in [0.4, 0.5) is 0 Å². The third kappa shape index (κ3) is 3.68. The molecule has 0 radical (unpaired) electrons. The summed E-state index contributed by atoms with van der Waals surface area (Å²) in [5.41, 5.74) is 0.709. The van der Waals surface area contributed by atoms with Gasteiger partial charge in [0.15, 0.2) is 17.3 Å². The molecule has 2 rings (SSSR count). The Morgan fingerprint density at radius 3 is 2.48 bits per heavy atom. The molecule has 7 heteroatoms. The number of pyridine rings is 1. The molecule has 0 saturated carbocycles. The van der Waals surface area contributed by atoms with Crippen LogP contribution in [0.5, 0.6) is 17.2 Å². The van der Waals surface area contributed by atoms with Crippen LogP contribution in [0, 0.1) is 0 Å². The van der Waals surface area contributed by atoms with Gasteiger partial charge in [-0.15, -0.1) is 0 Å². The van der Waals surface area contributed by atoms with E-state index in [9.17, 15) is 9.90 Å². The molecule has 0 aliphatic heterocycles. The second kappa shape index (κ2) is 7.53. The molecule has 0 bridgehead atoms. The molecule has 23 heavy (non-hydrogen) atoms. The first-order valence-corrected chi connectivity index (χ1v) is 7.59. The zero-order chi connectivity index (χ0) is 17.0. The number of rotatable bonds is 6. The van der Waals surface area contributed by atoms with Crippen molar-refractivity contribution < 1.29 is 19.4 Å². The lowest BCUT2D eigenvalue weighted by Gasteiger charge is -2.14. The minimum Gasteiger partial charge on any atom is -0.502 e. The molecule has 1 aromatic carbocycles. The number of halogens is 2. The topological polar surface area (TPSA) is 68.7 Å². The van der Waals surface area contributed by atoms with E-state index >= 15 is 0 Å². The number of ketones is 1. The molecule has 0 unspecified atom stereocenters. The molecule has 0 spiro atoms. The van der Waals surface area contributed by atoms with Gasteiger partial charge in [0.05, 0.1) is 29.3 Å². The van der Waals surface area contributed by atoms with Crippen LogP contribution in [0.25, 0.3) is 0 Å². The predicted molar refractivity (Wildman–Crippen MR) is 88.1 cm³/mol. The van der Waals surface area contributed by atoms with Crippen molar-refractivity contribution in [1.29, 1.82) is 0 Å². The molecule has 1 N–H and O–H groups in total. The van der Waals surface area contributed by atoms with Crippen molar-refractivity contribution in [3.8, 4) is 17.2 Å². The van der Waals surface area contributed by atoms with Gasteiger partial charge in [0.2, 0.25) is 5.75 Å². The number of ether oxygens (including phenoxy) is 2. The predicted octanol–water partition coefficient (Wildman–Crippen LogP) is 3.93. The minimum atomic E-state index is -0.290. The molecule has 0 amide bonds. The largest absolute Gasteiger partial charge is 0.502 e. The summed E-state index contributed by atoms with van der Waals surface area (Å²) in [5.74, 6) is -0.198. The van der Waals surface area contributed by atoms with E-state index in [1.165, 1.54) is 31.6 Å². The van der Waals surface area contributed by atoms with E-state index in [0.29, 0.717) is 15.6 Å². The van der Waals surface area contributed by atoms with Gasteiger partial charge >= 0.3 is 0 Å². The number of hydrogen-bond donors (Lipinski definition) is 1. The molecular formula is C16H15Cl2NO4. The van der Waals surface area contributed by atoms with Crippen LogP contribution in [0.15, 0.2) is 24.5 Å². The van der Waals surface area contributed by atoms with E-state index in [2.05, 4.69) is 4.98 Å². The minimum absolute atomic E-state index is 0.0357. The normalized spacial score (nSPS) is 10.4. The Morgan fingerprint density at radius 2 is 1.91 bits per heavy atom. The Bertz CT molecular complexity index is 714. The third-order valence-electron chi connectivity index (χ3n) is 3.19. The van der Waals surface area contributed by atoms with Gasteiger partial charge in [-0.25, -0.2) is 0 Å². The van der Waals surface area contributed by atoms with Crippen LogP contribution < -0.4 is 9.47 Å². The quantitative estimate of drug-likeness (QED) is 0.795. The fraction of sp³-hybridized carbons (Fsp3) is 0.250. The second-order valence-electron chi connectivity index (χ2n) is 4.61. The Morgan fingerprint density at radius 1 is 1.26 bits per heavy atom. The van der Waals surface area contributed by atoms with E-state index < -0.39 is 0 Å². The van der Waals surface area contributed by atoms with Crippen LogP contribution in [-0.4, -0.2) is 29.6 Å². The SMILES string of the molecule is CCOc1c(C(=O)Cc2c(Cl)cncc2Cl)ccc(OC)c1O. The van der Waals surface area contributed by atoms with Gasteiger partial charge in [0.25, 0.3) is 0 Å². The molecule has 0 atom stereocenters. The number of phenols is 1. The molecular weight excluding hydrogens is 341 g/mol. The lowest BCUT2D eigenvalue weighted by molar-refractivity contribution is 0.0988. The van der Waals surface area contributed by atoms with Crippen LogP contribution in [0.3, 0.4) is 0 Å². The van der Waals surface area contributed by atoms with Crippen LogP contribution in [0.1, 0.15) is 22.8 Å². The van der Waals surface area contributed by atoms with Crippen molar-refractivity contribution in [2.24, 2.45) is 0 Å². The molecule has 1 heterocycles. The summed E-state index contributed by atoms with van der Waals surface area (Å²) in [7, 11) is 1.42. The second-order valence-corrected chi connectivity index (χ2v) is 5.42. The fourth-order valence-corrected chi connectivity index (χ4v) is 2.59. The number of aromatic hydroxyl groups is 1. The van der Waals surface area contributed by atoms with Crippen molar-refractivity contribution in [3.63, 3.8) is 0 Å². The summed E-state index contributed by atoms with van der Waals surface area (Å²) in [6.07, 6.45) is 2.81. The fourth-order valence-electron chi connectivity index (χ4n) is 2.09. The van der Waals surface area contributed by atoms with Crippen molar-refractivity contribution in [3.05, 3.63) is 45.7 Å². The summed E-state index contributed by atoms with van der Waals surface area (Å²) in [4.78, 5) is 16.4. The zero-order valence-electron chi connectivity index (χ0n) is 12.6. The summed E-state index contributed by atoms with van der Waals surface area (Å²) in [6.45, 7) is 2.04. The molecule has 5 nitrogen and oxygen atoms in total. The number of aromatic nitrogens is 1. The molecule has 122 valence electrons. The summed E-state index contributed by atoms with van der Waals surface area (Å²) in [6, 6.07) is 3.04. The average molecular weight is 356 g/mol. The number of carbonyl (C=O) groups is 1. The third-order valence-corrected chi connectivity index (χ3v) is 3.84. The number of Topliss-reactive ketones (excluding diaryl/α,β-unsaturated/α-hetero) is 1. The maximum Gasteiger partial charge on any atom is 0.201 e. The summed E-state index contributed by atoms with van der Waals surface area (Å²) >= 11 is 12.1. The smallest absolute Gasteiger partial charge is 0.201 e. The van der Waals surface area contributed by atoms with Crippen LogP contribution >= 0.6 is 23.2 Å². The van der Waals surface area contributed by atoms with Gasteiger partial charge in [-0.05, 0) is 19.1 Å². The average Bonchev–Trinajstić information content (AvgIpc) is 2.53. The number of nitrogens with zero attached hydrogens (tertiary/aromatic N) is 1. The van der Waals surface area contributed by atoms with Gasteiger partial charge in [0.1, 0.15) is 0 Å². The van der Waals surface area contributed by atoms with Gasteiger partial charge < -0.3 is 14.6 Å². The number of phenolic OH excluding ortho intramolecular Hbond substituents is 1. The van der Waals surface area contributed by atoms with E-state index in [1.807, 2.05) is 0 Å². The maximum absolute atomic E-state index is 12.6. The monoisotopic (exact) mass is 355 g/mol. The number of methoxy groups -OCH3 is 1. The molecule has 2 aromatic rings.